The molecule has 0 aliphatic heterocycles. The van der Waals surface area contributed by atoms with E-state index in [1.54, 1.807) is 0 Å². The van der Waals surface area contributed by atoms with E-state index in [-0.39, 0.29) is 6.61 Å². The van der Waals surface area contributed by atoms with E-state index in [9.17, 15) is 0 Å². The van der Waals surface area contributed by atoms with E-state index in [4.69, 9.17) is 5.11 Å². The van der Waals surface area contributed by atoms with Gasteiger partial charge >= 0.3 is 0 Å². The Hall–Kier alpha value is -1.86. The first-order valence-corrected chi connectivity index (χ1v) is 6.16. The van der Waals surface area contributed by atoms with E-state index in [0.717, 1.165) is 12.8 Å². The highest BCUT2D eigenvalue weighted by molar-refractivity contribution is 5.19. The lowest BCUT2D eigenvalue weighted by Gasteiger charge is -2.01. The van der Waals surface area contributed by atoms with Gasteiger partial charge in [0.15, 0.2) is 0 Å². The number of hydrogen-bond donors (Lipinski definition) is 1. The molecule has 0 saturated heterocycles. The van der Waals surface area contributed by atoms with Crippen LogP contribution in [-0.2, 0) is 12.8 Å². The zero-order chi connectivity index (χ0) is 13.1. The molecule has 0 saturated carbocycles. The molecule has 0 bridgehead atoms. The highest BCUT2D eigenvalue weighted by atomic mass is 16.2. The second-order valence-electron chi connectivity index (χ2n) is 3.94. The number of aryl methyl sites for hydroxylation is 2. The summed E-state index contributed by atoms with van der Waals surface area (Å²) in [6, 6.07) is 21.2. The van der Waals surface area contributed by atoms with E-state index in [2.05, 4.69) is 67.2 Å². The van der Waals surface area contributed by atoms with Gasteiger partial charge in [0.25, 0.3) is 0 Å². The summed E-state index contributed by atoms with van der Waals surface area (Å²) in [7, 11) is 0. The fourth-order valence-corrected chi connectivity index (χ4v) is 1.58. The first-order chi connectivity index (χ1) is 8.86. The first-order valence-electron chi connectivity index (χ1n) is 6.16. The minimum atomic E-state index is 0.0833. The average molecular weight is 240 g/mol. The number of aliphatic hydroxyl groups excluding tert-OH is 1. The van der Waals surface area contributed by atoms with Crippen LogP contribution in [-0.4, -0.2) is 11.7 Å². The van der Waals surface area contributed by atoms with E-state index < -0.39 is 0 Å². The summed E-state index contributed by atoms with van der Waals surface area (Å²) in [5.41, 5.74) is 2.83. The molecule has 2 rings (SSSR count). The van der Waals surface area contributed by atoms with Gasteiger partial charge in [0.05, 0.1) is 6.61 Å². The molecule has 0 aromatic heterocycles. The average Bonchev–Trinajstić information content (AvgIpc) is 2.47. The molecule has 94 valence electrons. The third-order valence-corrected chi connectivity index (χ3v) is 2.52. The molecule has 0 aliphatic rings. The standard InChI is InChI=1S/C14H14.C3H6O/c1-3-7-13(8-4-1)11-12-14-9-5-2-6-10-14;1-2-3-4/h1-10H,11-12H2;2,4H,1,3H2. The summed E-state index contributed by atoms with van der Waals surface area (Å²) >= 11 is 0. The fourth-order valence-electron chi connectivity index (χ4n) is 1.58. The summed E-state index contributed by atoms with van der Waals surface area (Å²) in [6.07, 6.45) is 3.69. The molecule has 0 amide bonds. The molecule has 0 spiro atoms. The number of rotatable bonds is 4. The Morgan fingerprint density at radius 2 is 1.11 bits per heavy atom. The third kappa shape index (κ3) is 6.02. The van der Waals surface area contributed by atoms with Gasteiger partial charge in [0.2, 0.25) is 0 Å². The van der Waals surface area contributed by atoms with E-state index >= 15 is 0 Å². The Morgan fingerprint density at radius 3 is 1.39 bits per heavy atom. The quantitative estimate of drug-likeness (QED) is 0.809. The minimum absolute atomic E-state index is 0.0833. The monoisotopic (exact) mass is 240 g/mol. The Morgan fingerprint density at radius 1 is 0.778 bits per heavy atom. The highest BCUT2D eigenvalue weighted by Gasteiger charge is 1.93. The van der Waals surface area contributed by atoms with Crippen molar-refractivity contribution in [1.29, 1.82) is 0 Å². The van der Waals surface area contributed by atoms with Gasteiger partial charge in [-0.25, -0.2) is 0 Å². The molecule has 0 radical (unpaired) electrons. The molecule has 0 unspecified atom stereocenters. The topological polar surface area (TPSA) is 20.2 Å². The van der Waals surface area contributed by atoms with E-state index in [1.807, 2.05) is 0 Å². The van der Waals surface area contributed by atoms with Crippen molar-refractivity contribution in [3.63, 3.8) is 0 Å². The van der Waals surface area contributed by atoms with Crippen molar-refractivity contribution < 1.29 is 5.11 Å². The van der Waals surface area contributed by atoms with Crippen LogP contribution in [0.5, 0.6) is 0 Å². The summed E-state index contributed by atoms with van der Waals surface area (Å²) in [5, 5.41) is 7.76. The summed E-state index contributed by atoms with van der Waals surface area (Å²) < 4.78 is 0. The largest absolute Gasteiger partial charge is 0.392 e. The zero-order valence-corrected chi connectivity index (χ0v) is 10.6. The Kier molecular flexibility index (Phi) is 7.26. The lowest BCUT2D eigenvalue weighted by atomic mass is 10.0. The van der Waals surface area contributed by atoms with Crippen molar-refractivity contribution in [2.45, 2.75) is 12.8 Å². The molecule has 2 aromatic carbocycles. The SMILES string of the molecule is C=CCO.c1ccc(CCc2ccccc2)cc1. The fraction of sp³-hybridized carbons (Fsp3) is 0.176. The summed E-state index contributed by atoms with van der Waals surface area (Å²) in [6.45, 7) is 3.31. The smallest absolute Gasteiger partial charge is 0.0609 e. The molecule has 1 N–H and O–H groups in total. The lowest BCUT2D eigenvalue weighted by Crippen LogP contribution is -1.89. The van der Waals surface area contributed by atoms with Gasteiger partial charge in [-0.05, 0) is 24.0 Å². The second-order valence-corrected chi connectivity index (χ2v) is 3.94. The van der Waals surface area contributed by atoms with Crippen molar-refractivity contribution in [2.75, 3.05) is 6.61 Å². The first kappa shape index (κ1) is 14.2. The maximum Gasteiger partial charge on any atom is 0.0609 e. The van der Waals surface area contributed by atoms with Crippen molar-refractivity contribution >= 4 is 0 Å². The number of aliphatic hydroxyl groups is 1. The van der Waals surface area contributed by atoms with Crippen molar-refractivity contribution in [2.24, 2.45) is 0 Å². The summed E-state index contributed by atoms with van der Waals surface area (Å²) in [4.78, 5) is 0. The van der Waals surface area contributed by atoms with Gasteiger partial charge in [0.1, 0.15) is 0 Å². The molecular weight excluding hydrogens is 220 g/mol. The molecular formula is C17H20O. The predicted molar refractivity (Wildman–Crippen MR) is 77.6 cm³/mol. The number of hydrogen-bond acceptors (Lipinski definition) is 1. The predicted octanol–water partition coefficient (Wildman–Crippen LogP) is 3.64. The normalized spacial score (nSPS) is 9.17. The van der Waals surface area contributed by atoms with Crippen LogP contribution in [0, 0.1) is 0 Å². The maximum absolute atomic E-state index is 7.76. The Balaban J connectivity index is 0.000000357. The van der Waals surface area contributed by atoms with Crippen molar-refractivity contribution in [1.82, 2.24) is 0 Å². The van der Waals surface area contributed by atoms with Gasteiger partial charge in [-0.2, -0.15) is 0 Å². The molecule has 1 nitrogen and oxygen atoms in total. The molecule has 1 heteroatoms. The maximum atomic E-state index is 7.76. The van der Waals surface area contributed by atoms with Crippen LogP contribution in [0.4, 0.5) is 0 Å². The lowest BCUT2D eigenvalue weighted by molar-refractivity contribution is 0.343. The third-order valence-electron chi connectivity index (χ3n) is 2.52. The van der Waals surface area contributed by atoms with Crippen LogP contribution in [0.25, 0.3) is 0 Å². The van der Waals surface area contributed by atoms with Crippen LogP contribution in [0.15, 0.2) is 73.3 Å². The molecule has 0 heterocycles. The van der Waals surface area contributed by atoms with Crippen LogP contribution in [0.3, 0.4) is 0 Å². The molecule has 0 aliphatic carbocycles. The van der Waals surface area contributed by atoms with Gasteiger partial charge in [-0.1, -0.05) is 66.7 Å². The van der Waals surface area contributed by atoms with Crippen LogP contribution >= 0.6 is 0 Å². The second kappa shape index (κ2) is 9.20. The molecule has 0 atom stereocenters. The van der Waals surface area contributed by atoms with Crippen LogP contribution in [0.1, 0.15) is 11.1 Å². The highest BCUT2D eigenvalue weighted by Crippen LogP contribution is 2.06. The summed E-state index contributed by atoms with van der Waals surface area (Å²) in [5.74, 6) is 0. The van der Waals surface area contributed by atoms with Gasteiger partial charge in [-0.3, -0.25) is 0 Å². The van der Waals surface area contributed by atoms with Gasteiger partial charge in [0, 0.05) is 0 Å². The molecule has 18 heavy (non-hydrogen) atoms. The van der Waals surface area contributed by atoms with Crippen molar-refractivity contribution in [3.8, 4) is 0 Å². The van der Waals surface area contributed by atoms with E-state index in [1.165, 1.54) is 17.2 Å². The Bertz CT molecular complexity index is 380. The van der Waals surface area contributed by atoms with Gasteiger partial charge < -0.3 is 5.11 Å². The van der Waals surface area contributed by atoms with E-state index in [0.29, 0.717) is 0 Å². The van der Waals surface area contributed by atoms with Crippen LogP contribution < -0.4 is 0 Å². The minimum Gasteiger partial charge on any atom is -0.392 e. The Labute approximate surface area is 109 Å². The van der Waals surface area contributed by atoms with Crippen LogP contribution in [0.2, 0.25) is 0 Å². The zero-order valence-electron chi connectivity index (χ0n) is 10.6. The van der Waals surface area contributed by atoms with Gasteiger partial charge in [-0.15, -0.1) is 6.58 Å². The molecule has 2 aromatic rings. The van der Waals surface area contributed by atoms with Crippen molar-refractivity contribution in [3.05, 3.63) is 84.4 Å². The molecule has 0 fully saturated rings. The number of benzene rings is 2.